The number of likely N-dealkylation sites (N-methyl/N-ethyl adjacent to an activating group) is 1. The highest BCUT2D eigenvalue weighted by Gasteiger charge is 2.17. The van der Waals surface area contributed by atoms with Gasteiger partial charge in [-0.25, -0.2) is 0 Å². The highest BCUT2D eigenvalue weighted by atomic mass is 16.5. The molecule has 1 aliphatic heterocycles. The number of rotatable bonds is 9. The average Bonchev–Trinajstić information content (AvgIpc) is 2.69. The van der Waals surface area contributed by atoms with E-state index in [-0.39, 0.29) is 0 Å². The smallest absolute Gasteiger partial charge is 0.142 e. The van der Waals surface area contributed by atoms with Crippen molar-refractivity contribution in [2.24, 2.45) is 0 Å². The monoisotopic (exact) mass is 354 g/mol. The Balaban J connectivity index is 1.36. The van der Waals surface area contributed by atoms with Crippen LogP contribution in [0.15, 0.2) is 54.6 Å². The quantitative estimate of drug-likeness (QED) is 0.639. The number of piperazine rings is 1. The fourth-order valence-corrected chi connectivity index (χ4v) is 3.14. The van der Waals surface area contributed by atoms with E-state index in [0.717, 1.165) is 58.0 Å². The van der Waals surface area contributed by atoms with Crippen LogP contribution in [0.2, 0.25) is 0 Å². The molecule has 0 spiro atoms. The Morgan fingerprint density at radius 1 is 0.808 bits per heavy atom. The molecule has 2 aromatic carbocycles. The topological polar surface area (TPSA) is 24.9 Å². The van der Waals surface area contributed by atoms with Crippen LogP contribution in [0.1, 0.15) is 18.4 Å². The van der Waals surface area contributed by atoms with Crippen molar-refractivity contribution in [1.29, 1.82) is 0 Å². The van der Waals surface area contributed by atoms with E-state index in [1.165, 1.54) is 11.3 Å². The number of anilines is 1. The van der Waals surface area contributed by atoms with Gasteiger partial charge in [-0.15, -0.1) is 0 Å². The Kier molecular flexibility index (Phi) is 7.35. The lowest BCUT2D eigenvalue weighted by molar-refractivity contribution is 0.113. The average molecular weight is 354 g/mol. The van der Waals surface area contributed by atoms with Crippen molar-refractivity contribution in [2.45, 2.75) is 19.4 Å². The van der Waals surface area contributed by atoms with Gasteiger partial charge in [0.05, 0.1) is 18.9 Å². The van der Waals surface area contributed by atoms with E-state index in [4.69, 9.17) is 9.47 Å². The number of nitrogens with zero attached hydrogens (tertiary/aromatic N) is 2. The first-order chi connectivity index (χ1) is 12.8. The van der Waals surface area contributed by atoms with Crippen molar-refractivity contribution in [3.05, 3.63) is 60.2 Å². The molecule has 1 saturated heterocycles. The van der Waals surface area contributed by atoms with E-state index in [9.17, 15) is 0 Å². The molecule has 0 N–H and O–H groups in total. The Hall–Kier alpha value is -2.04. The van der Waals surface area contributed by atoms with Gasteiger partial charge < -0.3 is 19.3 Å². The molecule has 0 saturated carbocycles. The molecular weight excluding hydrogens is 324 g/mol. The highest BCUT2D eigenvalue weighted by molar-refractivity contribution is 5.58. The first kappa shape index (κ1) is 18.7. The van der Waals surface area contributed by atoms with Gasteiger partial charge in [0.25, 0.3) is 0 Å². The van der Waals surface area contributed by atoms with Gasteiger partial charge in [0.15, 0.2) is 0 Å². The van der Waals surface area contributed by atoms with E-state index in [1.807, 2.05) is 18.2 Å². The minimum atomic E-state index is 0.688. The van der Waals surface area contributed by atoms with E-state index in [2.05, 4.69) is 53.2 Å². The van der Waals surface area contributed by atoms with Gasteiger partial charge >= 0.3 is 0 Å². The molecule has 140 valence electrons. The van der Waals surface area contributed by atoms with Crippen LogP contribution in [0, 0.1) is 0 Å². The lowest BCUT2D eigenvalue weighted by Crippen LogP contribution is -2.44. The SMILES string of the molecule is CN1CCN(c2ccccc2OCCCCOCc2ccccc2)CC1. The second-order valence-corrected chi connectivity index (χ2v) is 6.85. The molecule has 0 bridgehead atoms. The van der Waals surface area contributed by atoms with Crippen LogP contribution >= 0.6 is 0 Å². The van der Waals surface area contributed by atoms with Crippen molar-refractivity contribution < 1.29 is 9.47 Å². The molecule has 1 fully saturated rings. The van der Waals surface area contributed by atoms with Crippen LogP contribution in [0.4, 0.5) is 5.69 Å². The van der Waals surface area contributed by atoms with Gasteiger partial charge in [0, 0.05) is 32.8 Å². The zero-order chi connectivity index (χ0) is 18.0. The molecule has 0 radical (unpaired) electrons. The maximum absolute atomic E-state index is 6.07. The van der Waals surface area contributed by atoms with Gasteiger partial charge in [-0.05, 0) is 37.6 Å². The fraction of sp³-hybridized carbons (Fsp3) is 0.455. The summed E-state index contributed by atoms with van der Waals surface area (Å²) in [4.78, 5) is 4.80. The molecule has 1 heterocycles. The number of para-hydroxylation sites is 2. The predicted molar refractivity (Wildman–Crippen MR) is 107 cm³/mol. The number of hydrogen-bond acceptors (Lipinski definition) is 4. The van der Waals surface area contributed by atoms with Crippen LogP contribution in [0.25, 0.3) is 0 Å². The molecule has 0 atom stereocenters. The van der Waals surface area contributed by atoms with Crippen molar-refractivity contribution in [2.75, 3.05) is 51.3 Å². The Bertz CT molecular complexity index is 640. The maximum Gasteiger partial charge on any atom is 0.142 e. The zero-order valence-electron chi connectivity index (χ0n) is 15.8. The Labute approximate surface area is 157 Å². The molecule has 3 rings (SSSR count). The predicted octanol–water partition coefficient (Wildman–Crippen LogP) is 3.81. The van der Waals surface area contributed by atoms with Crippen LogP contribution in [0.5, 0.6) is 5.75 Å². The third kappa shape index (κ3) is 5.75. The minimum absolute atomic E-state index is 0.688. The summed E-state index contributed by atoms with van der Waals surface area (Å²) in [5.74, 6) is 1.00. The van der Waals surface area contributed by atoms with Crippen molar-refractivity contribution in [3.63, 3.8) is 0 Å². The maximum atomic E-state index is 6.07. The van der Waals surface area contributed by atoms with E-state index in [0.29, 0.717) is 6.61 Å². The van der Waals surface area contributed by atoms with Gasteiger partial charge in [0.2, 0.25) is 0 Å². The molecule has 0 aliphatic carbocycles. The zero-order valence-corrected chi connectivity index (χ0v) is 15.8. The first-order valence-corrected chi connectivity index (χ1v) is 9.60. The lowest BCUT2D eigenvalue weighted by Gasteiger charge is -2.34. The normalized spacial score (nSPS) is 15.2. The second kappa shape index (κ2) is 10.2. The molecule has 2 aromatic rings. The minimum Gasteiger partial charge on any atom is -0.491 e. The summed E-state index contributed by atoms with van der Waals surface area (Å²) in [6.07, 6.45) is 2.02. The van der Waals surface area contributed by atoms with E-state index in [1.54, 1.807) is 0 Å². The van der Waals surface area contributed by atoms with Gasteiger partial charge in [-0.3, -0.25) is 0 Å². The van der Waals surface area contributed by atoms with E-state index < -0.39 is 0 Å². The molecule has 0 unspecified atom stereocenters. The van der Waals surface area contributed by atoms with Crippen LogP contribution in [-0.4, -0.2) is 51.3 Å². The van der Waals surface area contributed by atoms with Crippen LogP contribution in [0.3, 0.4) is 0 Å². The lowest BCUT2D eigenvalue weighted by atomic mass is 10.2. The number of hydrogen-bond donors (Lipinski definition) is 0. The third-order valence-electron chi connectivity index (χ3n) is 4.76. The van der Waals surface area contributed by atoms with Gasteiger partial charge in [-0.2, -0.15) is 0 Å². The molecule has 0 amide bonds. The summed E-state index contributed by atoms with van der Waals surface area (Å²) < 4.78 is 11.8. The summed E-state index contributed by atoms with van der Waals surface area (Å²) in [6, 6.07) is 18.7. The summed E-state index contributed by atoms with van der Waals surface area (Å²) in [5.41, 5.74) is 2.45. The fourth-order valence-electron chi connectivity index (χ4n) is 3.14. The standard InChI is InChI=1S/C22H30N2O2/c1-23-13-15-24(16-14-23)21-11-5-6-12-22(21)26-18-8-7-17-25-19-20-9-3-2-4-10-20/h2-6,9-12H,7-8,13-19H2,1H3. The molecule has 4 nitrogen and oxygen atoms in total. The Morgan fingerprint density at radius 2 is 1.50 bits per heavy atom. The molecule has 26 heavy (non-hydrogen) atoms. The van der Waals surface area contributed by atoms with E-state index >= 15 is 0 Å². The van der Waals surface area contributed by atoms with Crippen LogP contribution < -0.4 is 9.64 Å². The summed E-state index contributed by atoms with van der Waals surface area (Å²) in [6.45, 7) is 6.53. The molecule has 0 aromatic heterocycles. The van der Waals surface area contributed by atoms with Crippen LogP contribution in [-0.2, 0) is 11.3 Å². The summed E-state index contributed by atoms with van der Waals surface area (Å²) >= 11 is 0. The highest BCUT2D eigenvalue weighted by Crippen LogP contribution is 2.28. The largest absolute Gasteiger partial charge is 0.491 e. The molecule has 4 heteroatoms. The number of benzene rings is 2. The summed E-state index contributed by atoms with van der Waals surface area (Å²) in [7, 11) is 2.18. The number of unbranched alkanes of at least 4 members (excludes halogenated alkanes) is 1. The second-order valence-electron chi connectivity index (χ2n) is 6.85. The van der Waals surface area contributed by atoms with Crippen molar-refractivity contribution in [3.8, 4) is 5.75 Å². The van der Waals surface area contributed by atoms with Crippen molar-refractivity contribution in [1.82, 2.24) is 4.90 Å². The third-order valence-corrected chi connectivity index (χ3v) is 4.76. The molecular formula is C22H30N2O2. The number of ether oxygens (including phenoxy) is 2. The Morgan fingerprint density at radius 3 is 2.31 bits per heavy atom. The van der Waals surface area contributed by atoms with Gasteiger partial charge in [0.1, 0.15) is 5.75 Å². The van der Waals surface area contributed by atoms with Crippen molar-refractivity contribution >= 4 is 5.69 Å². The van der Waals surface area contributed by atoms with Gasteiger partial charge in [-0.1, -0.05) is 42.5 Å². The summed E-state index contributed by atoms with van der Waals surface area (Å²) in [5, 5.41) is 0. The first-order valence-electron chi connectivity index (χ1n) is 9.60. The molecule has 1 aliphatic rings.